The summed E-state index contributed by atoms with van der Waals surface area (Å²) in [6.45, 7) is 2.81. The second-order valence-electron chi connectivity index (χ2n) is 3.58. The average Bonchev–Trinajstić information content (AvgIpc) is 2.30. The molecule has 0 spiro atoms. The molecule has 17 heavy (non-hydrogen) atoms. The molecule has 0 atom stereocenters. The topological polar surface area (TPSA) is 55.6 Å². The number of nitrogens with two attached hydrogens (primary N) is 1. The van der Waals surface area contributed by atoms with Gasteiger partial charge in [0.1, 0.15) is 0 Å². The van der Waals surface area contributed by atoms with E-state index in [9.17, 15) is 4.79 Å². The number of carbonyl (C=O) groups excluding carboxylic acids is 1. The van der Waals surface area contributed by atoms with E-state index in [0.717, 1.165) is 5.69 Å². The lowest BCUT2D eigenvalue weighted by Gasteiger charge is -2.18. The van der Waals surface area contributed by atoms with Crippen LogP contribution in [0.1, 0.15) is 19.8 Å². The fourth-order valence-corrected chi connectivity index (χ4v) is 1.51. The van der Waals surface area contributed by atoms with E-state index in [1.165, 1.54) is 0 Å². The quantitative estimate of drug-likeness (QED) is 0.482. The summed E-state index contributed by atoms with van der Waals surface area (Å²) in [4.78, 5) is 11.1. The maximum atomic E-state index is 11.1. The Hall–Kier alpha value is -1.26. The Kier molecular flexibility index (Phi) is 5.80. The van der Waals surface area contributed by atoms with Gasteiger partial charge >= 0.3 is 5.97 Å². The van der Waals surface area contributed by atoms with Crippen LogP contribution in [0.5, 0.6) is 0 Å². The third kappa shape index (κ3) is 5.06. The normalized spacial score (nSPS) is 10.1. The molecule has 1 rings (SSSR count). The standard InChI is InChI=1S/C12H17ClN2O2/c1-2-17-12(16)4-3-9-15(14)11-7-5-10(13)6-8-11/h5-8H,2-4,9,14H2,1H3. The van der Waals surface area contributed by atoms with Crippen LogP contribution in [0.2, 0.25) is 5.02 Å². The highest BCUT2D eigenvalue weighted by Crippen LogP contribution is 2.15. The SMILES string of the molecule is CCOC(=O)CCCN(N)c1ccc(Cl)cc1. The Morgan fingerprint density at radius 1 is 1.41 bits per heavy atom. The molecule has 4 nitrogen and oxygen atoms in total. The van der Waals surface area contributed by atoms with Gasteiger partial charge in [0.15, 0.2) is 0 Å². The second kappa shape index (κ2) is 7.14. The number of halogens is 1. The van der Waals surface area contributed by atoms with Crippen LogP contribution in [-0.2, 0) is 9.53 Å². The molecular formula is C12H17ClN2O2. The number of nitrogens with zero attached hydrogens (tertiary/aromatic N) is 1. The van der Waals surface area contributed by atoms with E-state index in [4.69, 9.17) is 22.2 Å². The molecule has 0 aliphatic heterocycles. The van der Waals surface area contributed by atoms with Gasteiger partial charge in [-0.3, -0.25) is 4.79 Å². The lowest BCUT2D eigenvalue weighted by molar-refractivity contribution is -0.143. The summed E-state index contributed by atoms with van der Waals surface area (Å²) < 4.78 is 4.83. The molecule has 0 saturated carbocycles. The molecule has 2 N–H and O–H groups in total. The number of anilines is 1. The summed E-state index contributed by atoms with van der Waals surface area (Å²) in [6.07, 6.45) is 1.05. The zero-order valence-corrected chi connectivity index (χ0v) is 10.6. The molecule has 0 saturated heterocycles. The zero-order valence-electron chi connectivity index (χ0n) is 9.86. The van der Waals surface area contributed by atoms with Gasteiger partial charge in [-0.2, -0.15) is 0 Å². The molecule has 0 bridgehead atoms. The molecule has 0 heterocycles. The minimum Gasteiger partial charge on any atom is -0.466 e. The molecule has 0 amide bonds. The fraction of sp³-hybridized carbons (Fsp3) is 0.417. The average molecular weight is 257 g/mol. The van der Waals surface area contributed by atoms with Crippen molar-refractivity contribution in [2.75, 3.05) is 18.2 Å². The van der Waals surface area contributed by atoms with Gasteiger partial charge in [0.05, 0.1) is 12.3 Å². The predicted octanol–water partition coefficient (Wildman–Crippen LogP) is 2.36. The minimum atomic E-state index is -0.183. The van der Waals surface area contributed by atoms with Gasteiger partial charge in [-0.25, -0.2) is 5.84 Å². The third-order valence-electron chi connectivity index (χ3n) is 2.24. The van der Waals surface area contributed by atoms with Gasteiger partial charge in [0.25, 0.3) is 0 Å². The number of hydrazine groups is 1. The van der Waals surface area contributed by atoms with Crippen molar-refractivity contribution in [3.05, 3.63) is 29.3 Å². The zero-order chi connectivity index (χ0) is 12.7. The summed E-state index contributed by atoms with van der Waals surface area (Å²) >= 11 is 5.78. The van der Waals surface area contributed by atoms with E-state index in [2.05, 4.69) is 0 Å². The van der Waals surface area contributed by atoms with Crippen molar-refractivity contribution in [2.45, 2.75) is 19.8 Å². The van der Waals surface area contributed by atoms with Crippen LogP contribution in [0.3, 0.4) is 0 Å². The number of carbonyl (C=O) groups is 1. The monoisotopic (exact) mass is 256 g/mol. The Morgan fingerprint density at radius 3 is 2.65 bits per heavy atom. The number of rotatable bonds is 6. The fourth-order valence-electron chi connectivity index (χ4n) is 1.39. The first-order valence-electron chi connectivity index (χ1n) is 5.57. The Balaban J connectivity index is 2.32. The molecule has 0 fully saturated rings. The highest BCUT2D eigenvalue weighted by molar-refractivity contribution is 6.30. The van der Waals surface area contributed by atoms with E-state index in [-0.39, 0.29) is 5.97 Å². The molecule has 5 heteroatoms. The molecule has 1 aromatic carbocycles. The molecule has 1 aromatic rings. The number of ether oxygens (including phenoxy) is 1. The Labute approximate surface area is 106 Å². The van der Waals surface area contributed by atoms with E-state index < -0.39 is 0 Å². The second-order valence-corrected chi connectivity index (χ2v) is 4.01. The van der Waals surface area contributed by atoms with Crippen molar-refractivity contribution in [3.8, 4) is 0 Å². The van der Waals surface area contributed by atoms with Crippen molar-refractivity contribution in [1.82, 2.24) is 0 Å². The van der Waals surface area contributed by atoms with E-state index >= 15 is 0 Å². The van der Waals surface area contributed by atoms with Gasteiger partial charge in [-0.05, 0) is 37.6 Å². The molecule has 0 aliphatic carbocycles. The van der Waals surface area contributed by atoms with Crippen LogP contribution in [0.25, 0.3) is 0 Å². The van der Waals surface area contributed by atoms with Gasteiger partial charge in [-0.15, -0.1) is 0 Å². The van der Waals surface area contributed by atoms with Crippen molar-refractivity contribution in [1.29, 1.82) is 0 Å². The molecule has 0 unspecified atom stereocenters. The van der Waals surface area contributed by atoms with E-state index in [0.29, 0.717) is 31.0 Å². The highest BCUT2D eigenvalue weighted by atomic mass is 35.5. The van der Waals surface area contributed by atoms with Crippen LogP contribution >= 0.6 is 11.6 Å². The van der Waals surface area contributed by atoms with Gasteiger partial charge in [0, 0.05) is 18.0 Å². The van der Waals surface area contributed by atoms with Crippen LogP contribution in [0, 0.1) is 0 Å². The Morgan fingerprint density at radius 2 is 2.06 bits per heavy atom. The number of benzene rings is 1. The van der Waals surface area contributed by atoms with Gasteiger partial charge < -0.3 is 9.75 Å². The van der Waals surface area contributed by atoms with E-state index in [1.54, 1.807) is 24.1 Å². The first-order valence-corrected chi connectivity index (χ1v) is 5.94. The largest absolute Gasteiger partial charge is 0.466 e. The van der Waals surface area contributed by atoms with Crippen molar-refractivity contribution < 1.29 is 9.53 Å². The molecule has 94 valence electrons. The number of esters is 1. The summed E-state index contributed by atoms with van der Waals surface area (Å²) in [6, 6.07) is 7.24. The molecule has 0 radical (unpaired) electrons. The summed E-state index contributed by atoms with van der Waals surface area (Å²) in [5, 5.41) is 2.27. The lowest BCUT2D eigenvalue weighted by atomic mass is 10.2. The third-order valence-corrected chi connectivity index (χ3v) is 2.50. The molecule has 0 aromatic heterocycles. The van der Waals surface area contributed by atoms with E-state index in [1.807, 2.05) is 12.1 Å². The maximum Gasteiger partial charge on any atom is 0.305 e. The Bertz CT molecular complexity index is 354. The first-order chi connectivity index (χ1) is 8.13. The van der Waals surface area contributed by atoms with Crippen LogP contribution in [0.4, 0.5) is 5.69 Å². The van der Waals surface area contributed by atoms with Gasteiger partial charge in [-0.1, -0.05) is 11.6 Å². The summed E-state index contributed by atoms with van der Waals surface area (Å²) in [7, 11) is 0. The number of hydrogen-bond donors (Lipinski definition) is 1. The van der Waals surface area contributed by atoms with Crippen molar-refractivity contribution >= 4 is 23.3 Å². The molecular weight excluding hydrogens is 240 g/mol. The summed E-state index contributed by atoms with van der Waals surface area (Å²) in [5.74, 6) is 5.66. The predicted molar refractivity (Wildman–Crippen MR) is 68.9 cm³/mol. The van der Waals surface area contributed by atoms with Crippen molar-refractivity contribution in [3.63, 3.8) is 0 Å². The highest BCUT2D eigenvalue weighted by Gasteiger charge is 2.04. The van der Waals surface area contributed by atoms with Crippen LogP contribution < -0.4 is 10.9 Å². The number of hydrogen-bond acceptors (Lipinski definition) is 4. The summed E-state index contributed by atoms with van der Waals surface area (Å²) in [5.41, 5.74) is 0.873. The van der Waals surface area contributed by atoms with Crippen LogP contribution in [0.15, 0.2) is 24.3 Å². The maximum absolute atomic E-state index is 11.1. The van der Waals surface area contributed by atoms with Crippen LogP contribution in [-0.4, -0.2) is 19.1 Å². The smallest absolute Gasteiger partial charge is 0.305 e. The lowest BCUT2D eigenvalue weighted by Crippen LogP contribution is -2.32. The molecule has 0 aliphatic rings. The van der Waals surface area contributed by atoms with Crippen molar-refractivity contribution in [2.24, 2.45) is 5.84 Å². The van der Waals surface area contributed by atoms with Gasteiger partial charge in [0.2, 0.25) is 0 Å². The minimum absolute atomic E-state index is 0.183. The first kappa shape index (κ1) is 13.8.